The fraction of sp³-hybridized carbons (Fsp3) is 0.368. The van der Waals surface area contributed by atoms with Crippen LogP contribution in [-0.2, 0) is 12.6 Å². The zero-order chi connectivity index (χ0) is 20.6. The Morgan fingerprint density at radius 2 is 2.00 bits per heavy atom. The van der Waals surface area contributed by atoms with Gasteiger partial charge in [0.1, 0.15) is 11.6 Å². The summed E-state index contributed by atoms with van der Waals surface area (Å²) in [6.45, 7) is 2.12. The lowest BCUT2D eigenvalue weighted by Crippen LogP contribution is -2.43. The Morgan fingerprint density at radius 3 is 2.71 bits per heavy atom. The van der Waals surface area contributed by atoms with E-state index < -0.39 is 17.8 Å². The molecule has 0 saturated carbocycles. The van der Waals surface area contributed by atoms with Crippen LogP contribution in [0.2, 0.25) is 0 Å². The van der Waals surface area contributed by atoms with Crippen molar-refractivity contribution in [2.75, 3.05) is 25.5 Å². The molecule has 2 aromatic rings. The van der Waals surface area contributed by atoms with Gasteiger partial charge < -0.3 is 20.7 Å². The maximum absolute atomic E-state index is 12.9. The first-order chi connectivity index (χ1) is 13.3. The van der Waals surface area contributed by atoms with Crippen molar-refractivity contribution in [3.8, 4) is 5.75 Å². The molecule has 1 heterocycles. The second kappa shape index (κ2) is 9.82. The first kappa shape index (κ1) is 21.3. The van der Waals surface area contributed by atoms with Gasteiger partial charge in [-0.15, -0.1) is 0 Å². The zero-order valence-electron chi connectivity index (χ0n) is 15.6. The SMILES string of the molecule is COc1cccc(CC(C)NC(=O)NCCNc2ncccc2C(F)(F)F)c1. The topological polar surface area (TPSA) is 75.3 Å². The highest BCUT2D eigenvalue weighted by Gasteiger charge is 2.33. The number of pyridine rings is 1. The number of methoxy groups -OCH3 is 1. The fourth-order valence-electron chi connectivity index (χ4n) is 2.61. The van der Waals surface area contributed by atoms with Gasteiger partial charge >= 0.3 is 12.2 Å². The second-order valence-corrected chi connectivity index (χ2v) is 6.18. The van der Waals surface area contributed by atoms with Crippen LogP contribution in [0.15, 0.2) is 42.6 Å². The minimum Gasteiger partial charge on any atom is -0.497 e. The Morgan fingerprint density at radius 1 is 1.21 bits per heavy atom. The van der Waals surface area contributed by atoms with Crippen LogP contribution in [0.3, 0.4) is 0 Å². The molecule has 1 unspecified atom stereocenters. The number of rotatable bonds is 8. The molecule has 0 aliphatic rings. The highest BCUT2D eigenvalue weighted by molar-refractivity contribution is 5.74. The lowest BCUT2D eigenvalue weighted by molar-refractivity contribution is -0.137. The van der Waals surface area contributed by atoms with Gasteiger partial charge in [-0.3, -0.25) is 0 Å². The van der Waals surface area contributed by atoms with Crippen molar-refractivity contribution >= 4 is 11.8 Å². The molecule has 0 bridgehead atoms. The van der Waals surface area contributed by atoms with Crippen LogP contribution < -0.4 is 20.7 Å². The summed E-state index contributed by atoms with van der Waals surface area (Å²) in [5.41, 5.74) is 0.176. The summed E-state index contributed by atoms with van der Waals surface area (Å²) in [6, 6.07) is 9.20. The predicted octanol–water partition coefficient (Wildman–Crippen LogP) is 3.45. The molecule has 2 rings (SSSR count). The molecule has 3 N–H and O–H groups in total. The Hall–Kier alpha value is -2.97. The molecule has 152 valence electrons. The highest BCUT2D eigenvalue weighted by Crippen LogP contribution is 2.33. The van der Waals surface area contributed by atoms with Crippen LogP contribution in [-0.4, -0.2) is 37.3 Å². The molecule has 0 spiro atoms. The molecule has 2 amide bonds. The van der Waals surface area contributed by atoms with Crippen molar-refractivity contribution in [3.63, 3.8) is 0 Å². The Bertz CT molecular complexity index is 784. The Balaban J connectivity index is 1.74. The van der Waals surface area contributed by atoms with E-state index in [9.17, 15) is 18.0 Å². The average Bonchev–Trinajstić information content (AvgIpc) is 2.64. The van der Waals surface area contributed by atoms with E-state index in [0.29, 0.717) is 6.42 Å². The van der Waals surface area contributed by atoms with Crippen LogP contribution in [0.4, 0.5) is 23.8 Å². The van der Waals surface area contributed by atoms with Crippen LogP contribution in [0.25, 0.3) is 0 Å². The Labute approximate surface area is 161 Å². The maximum atomic E-state index is 12.9. The van der Waals surface area contributed by atoms with E-state index >= 15 is 0 Å². The number of alkyl halides is 3. The quantitative estimate of drug-likeness (QED) is 0.598. The van der Waals surface area contributed by atoms with Gasteiger partial charge in [-0.2, -0.15) is 13.2 Å². The summed E-state index contributed by atoms with van der Waals surface area (Å²) in [5.74, 6) is 0.483. The van der Waals surface area contributed by atoms with E-state index in [2.05, 4.69) is 20.9 Å². The zero-order valence-corrected chi connectivity index (χ0v) is 15.6. The molecule has 28 heavy (non-hydrogen) atoms. The molecule has 9 heteroatoms. The van der Waals surface area contributed by atoms with Gasteiger partial charge in [0.05, 0.1) is 12.7 Å². The average molecular weight is 396 g/mol. The maximum Gasteiger partial charge on any atom is 0.419 e. The van der Waals surface area contributed by atoms with Crippen LogP contribution in [0.1, 0.15) is 18.1 Å². The number of anilines is 1. The van der Waals surface area contributed by atoms with Crippen molar-refractivity contribution in [2.24, 2.45) is 0 Å². The lowest BCUT2D eigenvalue weighted by atomic mass is 10.1. The third kappa shape index (κ3) is 6.64. The van der Waals surface area contributed by atoms with Crippen molar-refractivity contribution < 1.29 is 22.7 Å². The minimum absolute atomic E-state index is 0.109. The molecule has 0 aliphatic heterocycles. The molecule has 0 radical (unpaired) electrons. The van der Waals surface area contributed by atoms with Gasteiger partial charge in [0, 0.05) is 25.3 Å². The normalized spacial score (nSPS) is 12.2. The number of carbonyl (C=O) groups is 1. The summed E-state index contributed by atoms with van der Waals surface area (Å²) in [7, 11) is 1.59. The summed E-state index contributed by atoms with van der Waals surface area (Å²) >= 11 is 0. The predicted molar refractivity (Wildman–Crippen MR) is 100 cm³/mol. The monoisotopic (exact) mass is 396 g/mol. The summed E-state index contributed by atoms with van der Waals surface area (Å²) in [5, 5.41) is 7.98. The standard InChI is InChI=1S/C19H23F3N4O2/c1-13(11-14-5-3-6-15(12-14)28-2)26-18(27)25-10-9-24-17-16(19(20,21)22)7-4-8-23-17/h3-8,12-13H,9-11H2,1-2H3,(H,23,24)(H2,25,26,27). The van der Waals surface area contributed by atoms with Crippen molar-refractivity contribution in [2.45, 2.75) is 25.6 Å². The van der Waals surface area contributed by atoms with Crippen molar-refractivity contribution in [1.29, 1.82) is 0 Å². The number of hydrogen-bond acceptors (Lipinski definition) is 4. The van der Waals surface area contributed by atoms with Crippen molar-refractivity contribution in [3.05, 3.63) is 53.7 Å². The van der Waals surface area contributed by atoms with Crippen LogP contribution >= 0.6 is 0 Å². The lowest BCUT2D eigenvalue weighted by Gasteiger charge is -2.16. The van der Waals surface area contributed by atoms with E-state index in [-0.39, 0.29) is 24.9 Å². The molecule has 1 aromatic carbocycles. The van der Waals surface area contributed by atoms with Crippen LogP contribution in [0, 0.1) is 0 Å². The first-order valence-corrected chi connectivity index (χ1v) is 8.73. The van der Waals surface area contributed by atoms with E-state index in [1.165, 1.54) is 12.3 Å². The molecule has 0 fully saturated rings. The second-order valence-electron chi connectivity index (χ2n) is 6.18. The van der Waals surface area contributed by atoms with E-state index in [4.69, 9.17) is 4.74 Å². The van der Waals surface area contributed by atoms with Gasteiger partial charge in [0.2, 0.25) is 0 Å². The number of urea groups is 1. The first-order valence-electron chi connectivity index (χ1n) is 8.73. The number of ether oxygens (including phenoxy) is 1. The van der Waals surface area contributed by atoms with Gasteiger partial charge in [-0.25, -0.2) is 9.78 Å². The van der Waals surface area contributed by atoms with Crippen molar-refractivity contribution in [1.82, 2.24) is 15.6 Å². The number of nitrogens with one attached hydrogen (secondary N) is 3. The molecule has 0 saturated heterocycles. The number of amides is 2. The minimum atomic E-state index is -4.49. The molecular weight excluding hydrogens is 373 g/mol. The number of nitrogens with zero attached hydrogens (tertiary/aromatic N) is 1. The van der Waals surface area contributed by atoms with Gasteiger partial charge in [-0.1, -0.05) is 12.1 Å². The van der Waals surface area contributed by atoms with Gasteiger partial charge in [-0.05, 0) is 43.2 Å². The smallest absolute Gasteiger partial charge is 0.419 e. The summed E-state index contributed by atoms with van der Waals surface area (Å²) < 4.78 is 43.8. The van der Waals surface area contributed by atoms with Gasteiger partial charge in [0.15, 0.2) is 0 Å². The van der Waals surface area contributed by atoms with Gasteiger partial charge in [0.25, 0.3) is 0 Å². The van der Waals surface area contributed by atoms with E-state index in [0.717, 1.165) is 17.4 Å². The number of aromatic nitrogens is 1. The Kier molecular flexibility index (Phi) is 7.48. The fourth-order valence-corrected chi connectivity index (χ4v) is 2.61. The molecule has 1 aromatic heterocycles. The third-order valence-electron chi connectivity index (χ3n) is 3.87. The van der Waals surface area contributed by atoms with E-state index in [1.807, 2.05) is 31.2 Å². The molecule has 6 nitrogen and oxygen atoms in total. The van der Waals surface area contributed by atoms with E-state index in [1.54, 1.807) is 7.11 Å². The molecule has 0 aliphatic carbocycles. The number of benzene rings is 1. The largest absolute Gasteiger partial charge is 0.497 e. The highest BCUT2D eigenvalue weighted by atomic mass is 19.4. The van der Waals surface area contributed by atoms with Crippen LogP contribution in [0.5, 0.6) is 5.75 Å². The third-order valence-corrected chi connectivity index (χ3v) is 3.87. The number of hydrogen-bond donors (Lipinski definition) is 3. The molecular formula is C19H23F3N4O2. The number of carbonyl (C=O) groups excluding carboxylic acids is 1. The number of halogens is 3. The molecule has 1 atom stereocenters. The summed E-state index contributed by atoms with van der Waals surface area (Å²) in [4.78, 5) is 15.6. The summed E-state index contributed by atoms with van der Waals surface area (Å²) in [6.07, 6.45) is -2.60.